The fraction of sp³-hybridized carbons (Fsp3) is 0.714. The first-order valence-electron chi connectivity index (χ1n) is 10.6. The van der Waals surface area contributed by atoms with Crippen LogP contribution in [0.2, 0.25) is 0 Å². The van der Waals surface area contributed by atoms with Gasteiger partial charge in [0, 0.05) is 32.3 Å². The highest BCUT2D eigenvalue weighted by atomic mass is 19.1. The molecule has 5 nitrogen and oxygen atoms in total. The summed E-state index contributed by atoms with van der Waals surface area (Å²) >= 11 is 0. The molecule has 27 heavy (non-hydrogen) atoms. The van der Waals surface area contributed by atoms with Gasteiger partial charge in [-0.05, 0) is 43.7 Å². The van der Waals surface area contributed by atoms with Crippen LogP contribution in [0.3, 0.4) is 0 Å². The summed E-state index contributed by atoms with van der Waals surface area (Å²) in [4.78, 5) is 9.04. The maximum Gasteiger partial charge on any atom is 0.155 e. The van der Waals surface area contributed by atoms with E-state index in [1.165, 1.54) is 25.7 Å². The Hall–Kier alpha value is -1.53. The van der Waals surface area contributed by atoms with Crippen LogP contribution in [0.4, 0.5) is 10.2 Å². The molecule has 2 heterocycles. The van der Waals surface area contributed by atoms with Crippen LogP contribution >= 0.6 is 0 Å². The number of alkyl halides is 1. The number of hydrogen-bond donors (Lipinski definition) is 3. The van der Waals surface area contributed by atoms with Crippen molar-refractivity contribution in [3.05, 3.63) is 23.9 Å². The van der Waals surface area contributed by atoms with Crippen molar-refractivity contribution in [3.63, 3.8) is 0 Å². The third-order valence-corrected chi connectivity index (χ3v) is 5.32. The Morgan fingerprint density at radius 2 is 2.15 bits per heavy atom. The van der Waals surface area contributed by atoms with Gasteiger partial charge in [-0.2, -0.15) is 0 Å². The molecule has 3 rings (SSSR count). The van der Waals surface area contributed by atoms with Crippen LogP contribution in [0.5, 0.6) is 0 Å². The van der Waals surface area contributed by atoms with Crippen molar-refractivity contribution in [1.82, 2.24) is 15.6 Å². The number of aliphatic imine (C=N–C) groups is 1. The van der Waals surface area contributed by atoms with Crippen LogP contribution in [-0.4, -0.2) is 42.3 Å². The number of anilines is 1. The lowest BCUT2D eigenvalue weighted by molar-refractivity contribution is 0.298. The lowest BCUT2D eigenvalue weighted by atomic mass is 10.0. The molecule has 3 atom stereocenters. The van der Waals surface area contributed by atoms with E-state index in [0.29, 0.717) is 11.8 Å². The Kier molecular flexibility index (Phi) is 7.59. The van der Waals surface area contributed by atoms with Crippen molar-refractivity contribution in [2.75, 3.05) is 18.4 Å². The molecule has 0 spiro atoms. The van der Waals surface area contributed by atoms with Crippen LogP contribution < -0.4 is 16.0 Å². The number of unbranched alkanes of at least 4 members (excludes halogenated alkanes) is 1. The fourth-order valence-electron chi connectivity index (χ4n) is 3.52. The van der Waals surface area contributed by atoms with Crippen molar-refractivity contribution in [2.45, 2.75) is 77.3 Å². The number of nitrogens with one attached hydrogen (secondary N) is 3. The van der Waals surface area contributed by atoms with E-state index >= 15 is 0 Å². The van der Waals surface area contributed by atoms with Gasteiger partial charge in [0.15, 0.2) is 12.5 Å². The van der Waals surface area contributed by atoms with Crippen molar-refractivity contribution in [2.24, 2.45) is 10.9 Å². The highest BCUT2D eigenvalue weighted by Crippen LogP contribution is 2.28. The fourth-order valence-corrected chi connectivity index (χ4v) is 3.52. The zero-order chi connectivity index (χ0) is 19.1. The van der Waals surface area contributed by atoms with E-state index in [4.69, 9.17) is 0 Å². The average Bonchev–Trinajstić information content (AvgIpc) is 3.51. The number of nitrogens with zero attached hydrogens (tertiary/aromatic N) is 2. The third-order valence-electron chi connectivity index (χ3n) is 5.32. The second kappa shape index (κ2) is 10.1. The van der Waals surface area contributed by atoms with Gasteiger partial charge < -0.3 is 5.32 Å². The van der Waals surface area contributed by atoms with Crippen LogP contribution in [0.1, 0.15) is 65.8 Å². The van der Waals surface area contributed by atoms with E-state index in [0.717, 1.165) is 43.1 Å². The minimum atomic E-state index is -1.10. The topological polar surface area (TPSA) is 61.3 Å². The molecular weight excluding hydrogens is 341 g/mol. The van der Waals surface area contributed by atoms with E-state index in [1.807, 2.05) is 12.1 Å². The largest absolute Gasteiger partial charge is 0.370 e. The molecule has 0 radical (unpaired) electrons. The molecule has 6 heteroatoms. The summed E-state index contributed by atoms with van der Waals surface area (Å²) in [6, 6.07) is 4.20. The summed E-state index contributed by atoms with van der Waals surface area (Å²) in [5, 5.41) is 10.1. The standard InChI is InChI=1S/C21H34FN5.H2/c1-3-5-7-17(6-4-2)26-21-25-14-18(22)20(27-21)16-10-11-23-19(12-16)24-13-15-8-9-15;/h10-12,15,17-18,21,25-26H,3-9,13-14H2,1-2H3,(H,23,24);1H. The summed E-state index contributed by atoms with van der Waals surface area (Å²) in [5.41, 5.74) is 1.35. The molecule has 1 aromatic heterocycles. The molecule has 2 aliphatic rings. The summed E-state index contributed by atoms with van der Waals surface area (Å²) in [7, 11) is 0. The van der Waals surface area contributed by atoms with Crippen LogP contribution in [0.15, 0.2) is 23.3 Å². The molecule has 152 valence electrons. The van der Waals surface area contributed by atoms with Gasteiger partial charge in [-0.1, -0.05) is 33.1 Å². The lowest BCUT2D eigenvalue weighted by Gasteiger charge is -2.29. The first-order chi connectivity index (χ1) is 13.2. The van der Waals surface area contributed by atoms with Gasteiger partial charge in [-0.3, -0.25) is 15.6 Å². The second-order valence-corrected chi connectivity index (χ2v) is 7.84. The smallest absolute Gasteiger partial charge is 0.155 e. The minimum Gasteiger partial charge on any atom is -0.370 e. The molecule has 1 aliphatic carbocycles. The van der Waals surface area contributed by atoms with E-state index in [9.17, 15) is 4.39 Å². The van der Waals surface area contributed by atoms with Crippen LogP contribution in [-0.2, 0) is 0 Å². The maximum absolute atomic E-state index is 14.6. The monoisotopic (exact) mass is 377 g/mol. The number of aromatic nitrogens is 1. The maximum atomic E-state index is 14.6. The van der Waals surface area contributed by atoms with Crippen LogP contribution in [0, 0.1) is 5.92 Å². The zero-order valence-corrected chi connectivity index (χ0v) is 16.7. The van der Waals surface area contributed by atoms with Gasteiger partial charge in [0.2, 0.25) is 0 Å². The van der Waals surface area contributed by atoms with Gasteiger partial charge in [-0.15, -0.1) is 0 Å². The first-order valence-corrected chi connectivity index (χ1v) is 10.6. The Morgan fingerprint density at radius 1 is 1.30 bits per heavy atom. The molecule has 1 saturated carbocycles. The van der Waals surface area contributed by atoms with Crippen molar-refractivity contribution >= 4 is 11.5 Å². The Morgan fingerprint density at radius 3 is 2.89 bits per heavy atom. The number of pyridine rings is 1. The van der Waals surface area contributed by atoms with Crippen molar-refractivity contribution < 1.29 is 5.82 Å². The summed E-state index contributed by atoms with van der Waals surface area (Å²) in [6.45, 7) is 5.65. The molecule has 0 bridgehead atoms. The molecule has 0 amide bonds. The molecule has 1 aliphatic heterocycles. The molecule has 0 saturated heterocycles. The quantitative estimate of drug-likeness (QED) is 0.543. The van der Waals surface area contributed by atoms with Gasteiger partial charge in [0.05, 0.1) is 5.71 Å². The molecule has 1 aromatic rings. The van der Waals surface area contributed by atoms with Crippen molar-refractivity contribution in [3.8, 4) is 0 Å². The number of halogens is 1. The normalized spacial score (nSPS) is 23.7. The highest BCUT2D eigenvalue weighted by molar-refractivity contribution is 6.04. The van der Waals surface area contributed by atoms with Gasteiger partial charge in [0.25, 0.3) is 0 Å². The lowest BCUT2D eigenvalue weighted by Crippen LogP contribution is -2.52. The SMILES string of the molecule is CCCCC(CCC)NC1N=C(c2ccnc(NCC3CC3)c2)C(F)CN1.[HH]. The summed E-state index contributed by atoms with van der Waals surface area (Å²) in [5.74, 6) is 1.58. The van der Waals surface area contributed by atoms with Crippen LogP contribution in [0.25, 0.3) is 0 Å². The summed E-state index contributed by atoms with van der Waals surface area (Å²) < 4.78 is 14.6. The Labute approximate surface area is 164 Å². The highest BCUT2D eigenvalue weighted by Gasteiger charge is 2.26. The predicted molar refractivity (Wildman–Crippen MR) is 112 cm³/mol. The van der Waals surface area contributed by atoms with E-state index in [-0.39, 0.29) is 14.3 Å². The molecule has 3 N–H and O–H groups in total. The van der Waals surface area contributed by atoms with E-state index in [1.54, 1.807) is 6.20 Å². The zero-order valence-electron chi connectivity index (χ0n) is 16.7. The van der Waals surface area contributed by atoms with Gasteiger partial charge in [-0.25, -0.2) is 9.37 Å². The van der Waals surface area contributed by atoms with E-state index in [2.05, 4.69) is 39.8 Å². The second-order valence-electron chi connectivity index (χ2n) is 7.84. The van der Waals surface area contributed by atoms with Crippen molar-refractivity contribution in [1.29, 1.82) is 0 Å². The van der Waals surface area contributed by atoms with Gasteiger partial charge in [0.1, 0.15) is 5.82 Å². The molecular formula is C21H36FN5. The number of hydrogen-bond acceptors (Lipinski definition) is 5. The minimum absolute atomic E-state index is 0. The molecule has 1 fully saturated rings. The molecule has 0 aromatic carbocycles. The Balaban J connectivity index is 0.00000280. The first kappa shape index (κ1) is 20.2. The summed E-state index contributed by atoms with van der Waals surface area (Å²) in [6.07, 6.45) is 8.79. The number of rotatable bonds is 11. The van der Waals surface area contributed by atoms with Gasteiger partial charge >= 0.3 is 0 Å². The third kappa shape index (κ3) is 6.25. The molecule has 3 unspecified atom stereocenters. The predicted octanol–water partition coefficient (Wildman–Crippen LogP) is 4.11. The Bertz CT molecular complexity index is 623. The average molecular weight is 378 g/mol. The van der Waals surface area contributed by atoms with E-state index < -0.39 is 6.17 Å².